The Morgan fingerprint density at radius 2 is 2.00 bits per heavy atom. The zero-order valence-corrected chi connectivity index (χ0v) is 11.0. The molecule has 1 aromatic carbocycles. The zero-order chi connectivity index (χ0) is 13.1. The highest BCUT2D eigenvalue weighted by Crippen LogP contribution is 2.26. The van der Waals surface area contributed by atoms with Gasteiger partial charge in [0.2, 0.25) is 0 Å². The van der Waals surface area contributed by atoms with E-state index in [1.54, 1.807) is 25.1 Å². The van der Waals surface area contributed by atoms with Gasteiger partial charge in [-0.1, -0.05) is 19.1 Å². The van der Waals surface area contributed by atoms with E-state index < -0.39 is 12.7 Å². The van der Waals surface area contributed by atoms with Crippen LogP contribution in [-0.2, 0) is 6.54 Å². The van der Waals surface area contributed by atoms with Crippen molar-refractivity contribution in [1.82, 2.24) is 4.90 Å². The lowest BCUT2D eigenvalue weighted by atomic mass is 10.2. The molecule has 6 heteroatoms. The van der Waals surface area contributed by atoms with E-state index in [0.717, 1.165) is 5.56 Å². The molecule has 0 aliphatic rings. The van der Waals surface area contributed by atoms with Crippen LogP contribution in [0.15, 0.2) is 22.7 Å². The first-order chi connectivity index (χ1) is 7.83. The van der Waals surface area contributed by atoms with Gasteiger partial charge in [0.25, 0.3) is 0 Å². The fourth-order valence-electron chi connectivity index (χ4n) is 1.50. The number of benzene rings is 1. The van der Waals surface area contributed by atoms with E-state index in [0.29, 0.717) is 16.7 Å². The first kappa shape index (κ1) is 14.3. The molecule has 0 aliphatic heterocycles. The molecule has 0 atom stereocenters. The van der Waals surface area contributed by atoms with Crippen LogP contribution < -0.4 is 5.73 Å². The summed E-state index contributed by atoms with van der Waals surface area (Å²) in [4.78, 5) is 1.32. The summed E-state index contributed by atoms with van der Waals surface area (Å²) in [5.41, 5.74) is 6.97. The fraction of sp³-hybridized carbons (Fsp3) is 0.455. The van der Waals surface area contributed by atoms with Crippen LogP contribution in [0.3, 0.4) is 0 Å². The molecule has 2 N–H and O–H groups in total. The van der Waals surface area contributed by atoms with Crippen LogP contribution in [0, 0.1) is 0 Å². The number of halogens is 4. The molecular weight excluding hydrogens is 297 g/mol. The van der Waals surface area contributed by atoms with E-state index in [-0.39, 0.29) is 6.54 Å². The molecule has 0 aliphatic carbocycles. The number of hydrogen-bond donors (Lipinski definition) is 1. The molecule has 0 unspecified atom stereocenters. The third-order valence-electron chi connectivity index (χ3n) is 2.35. The van der Waals surface area contributed by atoms with Gasteiger partial charge in [-0.3, -0.25) is 4.90 Å². The molecule has 0 amide bonds. The van der Waals surface area contributed by atoms with E-state index >= 15 is 0 Å². The predicted octanol–water partition coefficient (Wildman–Crippen LogP) is 3.42. The summed E-state index contributed by atoms with van der Waals surface area (Å²) < 4.78 is 37.6. The predicted molar refractivity (Wildman–Crippen MR) is 65.6 cm³/mol. The van der Waals surface area contributed by atoms with Gasteiger partial charge in [0.15, 0.2) is 0 Å². The minimum atomic E-state index is -4.18. The smallest absolute Gasteiger partial charge is 0.398 e. The van der Waals surface area contributed by atoms with E-state index in [1.165, 1.54) is 4.90 Å². The topological polar surface area (TPSA) is 29.3 Å². The second-order valence-electron chi connectivity index (χ2n) is 3.74. The second-order valence-corrected chi connectivity index (χ2v) is 4.53. The molecule has 0 radical (unpaired) electrons. The molecule has 0 spiro atoms. The maximum Gasteiger partial charge on any atom is 0.401 e. The van der Waals surface area contributed by atoms with Gasteiger partial charge in [-0.05, 0) is 34.1 Å². The summed E-state index contributed by atoms with van der Waals surface area (Å²) in [6.07, 6.45) is -4.18. The molecule has 1 rings (SSSR count). The van der Waals surface area contributed by atoms with Gasteiger partial charge in [-0.25, -0.2) is 0 Å². The minimum absolute atomic E-state index is 0.224. The Hall–Kier alpha value is -0.750. The van der Waals surface area contributed by atoms with Crippen molar-refractivity contribution in [3.63, 3.8) is 0 Å². The van der Waals surface area contributed by atoms with Crippen molar-refractivity contribution in [1.29, 1.82) is 0 Å². The molecule has 0 saturated carbocycles. The third-order valence-corrected chi connectivity index (χ3v) is 3.32. The van der Waals surface area contributed by atoms with E-state index in [2.05, 4.69) is 15.9 Å². The van der Waals surface area contributed by atoms with Crippen LogP contribution in [0.5, 0.6) is 0 Å². The summed E-state index contributed by atoms with van der Waals surface area (Å²) in [6.45, 7) is 1.35. The number of nitrogen functional groups attached to an aromatic ring is 1. The van der Waals surface area contributed by atoms with E-state index in [1.807, 2.05) is 0 Å². The monoisotopic (exact) mass is 310 g/mol. The molecule has 1 aromatic rings. The van der Waals surface area contributed by atoms with Gasteiger partial charge in [-0.2, -0.15) is 13.2 Å². The fourth-order valence-corrected chi connectivity index (χ4v) is 1.89. The van der Waals surface area contributed by atoms with Gasteiger partial charge in [0, 0.05) is 16.7 Å². The summed E-state index contributed by atoms with van der Waals surface area (Å²) in [5.74, 6) is 0. The highest BCUT2D eigenvalue weighted by atomic mass is 79.9. The van der Waals surface area contributed by atoms with Crippen molar-refractivity contribution in [3.8, 4) is 0 Å². The Kier molecular flexibility index (Phi) is 4.82. The van der Waals surface area contributed by atoms with Gasteiger partial charge in [0.05, 0.1) is 6.54 Å². The molecule has 0 bridgehead atoms. The number of nitrogens with two attached hydrogens (primary N) is 1. The highest BCUT2D eigenvalue weighted by molar-refractivity contribution is 9.10. The van der Waals surface area contributed by atoms with Crippen molar-refractivity contribution in [2.45, 2.75) is 19.6 Å². The average Bonchev–Trinajstić information content (AvgIpc) is 2.21. The summed E-state index contributed by atoms with van der Waals surface area (Å²) >= 11 is 3.28. The molecule has 0 saturated heterocycles. The van der Waals surface area contributed by atoms with Crippen molar-refractivity contribution >= 4 is 21.6 Å². The van der Waals surface area contributed by atoms with Crippen molar-refractivity contribution < 1.29 is 13.2 Å². The Labute approximate surface area is 107 Å². The second kappa shape index (κ2) is 5.73. The molecule has 2 nitrogen and oxygen atoms in total. The van der Waals surface area contributed by atoms with Crippen LogP contribution >= 0.6 is 15.9 Å². The maximum atomic E-state index is 12.3. The lowest BCUT2D eigenvalue weighted by Crippen LogP contribution is -2.33. The number of nitrogens with zero attached hydrogens (tertiary/aromatic N) is 1. The van der Waals surface area contributed by atoms with Gasteiger partial charge in [-0.15, -0.1) is 0 Å². The van der Waals surface area contributed by atoms with Crippen LogP contribution in [0.1, 0.15) is 12.5 Å². The number of hydrogen-bond acceptors (Lipinski definition) is 2. The van der Waals surface area contributed by atoms with Gasteiger partial charge >= 0.3 is 6.18 Å². The lowest BCUT2D eigenvalue weighted by molar-refractivity contribution is -0.146. The summed E-state index contributed by atoms with van der Waals surface area (Å²) in [7, 11) is 0. The largest absolute Gasteiger partial charge is 0.401 e. The van der Waals surface area contributed by atoms with Crippen molar-refractivity contribution in [3.05, 3.63) is 28.2 Å². The minimum Gasteiger partial charge on any atom is -0.398 e. The number of anilines is 1. The van der Waals surface area contributed by atoms with Gasteiger partial charge < -0.3 is 5.73 Å². The average molecular weight is 311 g/mol. The lowest BCUT2D eigenvalue weighted by Gasteiger charge is -2.22. The third kappa shape index (κ3) is 4.55. The molecule has 17 heavy (non-hydrogen) atoms. The van der Waals surface area contributed by atoms with Crippen molar-refractivity contribution in [2.24, 2.45) is 0 Å². The zero-order valence-electron chi connectivity index (χ0n) is 9.39. The highest BCUT2D eigenvalue weighted by Gasteiger charge is 2.30. The van der Waals surface area contributed by atoms with E-state index in [4.69, 9.17) is 5.73 Å². The van der Waals surface area contributed by atoms with Gasteiger partial charge in [0.1, 0.15) is 0 Å². The first-order valence-corrected chi connectivity index (χ1v) is 5.94. The summed E-state index contributed by atoms with van der Waals surface area (Å²) in [6, 6.07) is 5.20. The standard InChI is InChI=1S/C11H14BrF3N2/c1-2-17(7-11(13,14)15)6-8-4-3-5-9(16)10(8)12/h3-5H,2,6-7,16H2,1H3. The SMILES string of the molecule is CCN(Cc1cccc(N)c1Br)CC(F)(F)F. The van der Waals surface area contributed by atoms with Crippen molar-refractivity contribution in [2.75, 3.05) is 18.8 Å². The molecule has 0 heterocycles. The maximum absolute atomic E-state index is 12.3. The molecule has 0 aromatic heterocycles. The van der Waals surface area contributed by atoms with Crippen LogP contribution in [0.25, 0.3) is 0 Å². The Bertz CT molecular complexity index is 379. The molecular formula is C11H14BrF3N2. The van der Waals surface area contributed by atoms with Crippen LogP contribution in [0.4, 0.5) is 18.9 Å². The number of alkyl halides is 3. The normalized spacial score (nSPS) is 12.1. The molecule has 0 fully saturated rings. The quantitative estimate of drug-likeness (QED) is 0.864. The molecule has 96 valence electrons. The van der Waals surface area contributed by atoms with Crippen LogP contribution in [-0.4, -0.2) is 24.2 Å². The Balaban J connectivity index is 2.77. The van der Waals surface area contributed by atoms with E-state index in [9.17, 15) is 13.2 Å². The van der Waals surface area contributed by atoms with Crippen LogP contribution in [0.2, 0.25) is 0 Å². The number of rotatable bonds is 4. The first-order valence-electron chi connectivity index (χ1n) is 5.15. The Morgan fingerprint density at radius 3 is 2.53 bits per heavy atom. The summed E-state index contributed by atoms with van der Waals surface area (Å²) in [5, 5.41) is 0. The Morgan fingerprint density at radius 1 is 1.35 bits per heavy atom.